The molecular formula is C23H30N4O. The molecule has 2 heterocycles. The van der Waals surface area contributed by atoms with Gasteiger partial charge in [0, 0.05) is 31.4 Å². The van der Waals surface area contributed by atoms with Gasteiger partial charge in [-0.2, -0.15) is 5.10 Å². The maximum atomic E-state index is 13.0. The lowest BCUT2D eigenvalue weighted by atomic mass is 9.73. The lowest BCUT2D eigenvalue weighted by Gasteiger charge is -2.40. The molecule has 2 aromatic rings. The summed E-state index contributed by atoms with van der Waals surface area (Å²) in [5.74, 6) is 0.286. The van der Waals surface area contributed by atoms with E-state index in [0.717, 1.165) is 51.7 Å². The maximum absolute atomic E-state index is 13.0. The van der Waals surface area contributed by atoms with Gasteiger partial charge in [-0.15, -0.1) is 0 Å². The lowest BCUT2D eigenvalue weighted by Crippen LogP contribution is -2.43. The van der Waals surface area contributed by atoms with Gasteiger partial charge < -0.3 is 5.32 Å². The first kappa shape index (κ1) is 17.9. The van der Waals surface area contributed by atoms with E-state index in [9.17, 15) is 4.79 Å². The summed E-state index contributed by atoms with van der Waals surface area (Å²) < 4.78 is 1.87. The van der Waals surface area contributed by atoms with Crippen LogP contribution in [0.3, 0.4) is 0 Å². The van der Waals surface area contributed by atoms with Gasteiger partial charge in [-0.3, -0.25) is 14.4 Å². The summed E-state index contributed by atoms with van der Waals surface area (Å²) in [6.07, 6.45) is 10.9. The van der Waals surface area contributed by atoms with Gasteiger partial charge in [0.2, 0.25) is 5.91 Å². The molecule has 3 aliphatic rings. The van der Waals surface area contributed by atoms with Gasteiger partial charge in [0.15, 0.2) is 0 Å². The molecule has 0 unspecified atom stereocenters. The van der Waals surface area contributed by atoms with E-state index in [1.807, 2.05) is 17.9 Å². The van der Waals surface area contributed by atoms with Crippen molar-refractivity contribution in [3.63, 3.8) is 0 Å². The molecule has 1 aromatic carbocycles. The minimum absolute atomic E-state index is 0.0293. The highest BCUT2D eigenvalue weighted by molar-refractivity contribution is 5.86. The van der Waals surface area contributed by atoms with Crippen LogP contribution in [-0.2, 0) is 23.8 Å². The fourth-order valence-corrected chi connectivity index (χ4v) is 5.41. The molecule has 1 saturated carbocycles. The number of hydrogen-bond acceptors (Lipinski definition) is 3. The quantitative estimate of drug-likeness (QED) is 0.889. The van der Waals surface area contributed by atoms with E-state index in [1.165, 1.54) is 23.1 Å². The standard InChI is InChI=1S/C23H30N4O/c1-26-15-17(14-24-26)16-27-11-9-23(10-12-27)13-20(19-7-2-3-8-21(19)23)22(28)25-18-5-4-6-18/h2-3,7-8,14-15,18,20H,4-6,9-13,16H2,1H3,(H,25,28)/t20-/m0/s1. The number of nitrogens with zero attached hydrogens (tertiary/aromatic N) is 3. The second-order valence-electron chi connectivity index (χ2n) is 9.06. The van der Waals surface area contributed by atoms with Crippen molar-refractivity contribution in [1.29, 1.82) is 0 Å². The van der Waals surface area contributed by atoms with Crippen LogP contribution in [-0.4, -0.2) is 39.7 Å². The van der Waals surface area contributed by atoms with Crippen molar-refractivity contribution < 1.29 is 4.79 Å². The van der Waals surface area contributed by atoms with Gasteiger partial charge in [0.1, 0.15) is 0 Å². The SMILES string of the molecule is Cn1cc(CN2CCC3(CC2)C[C@H](C(=O)NC2CCC2)c2ccccc23)cn1. The van der Waals surface area contributed by atoms with Gasteiger partial charge >= 0.3 is 0 Å². The molecule has 1 spiro atoms. The Morgan fingerprint density at radius 3 is 2.71 bits per heavy atom. The summed E-state index contributed by atoms with van der Waals surface area (Å²) in [6.45, 7) is 3.14. The summed E-state index contributed by atoms with van der Waals surface area (Å²) in [7, 11) is 1.97. The van der Waals surface area contributed by atoms with Crippen molar-refractivity contribution in [2.45, 2.75) is 62.4 Å². The number of likely N-dealkylation sites (tertiary alicyclic amines) is 1. The average Bonchev–Trinajstić information content (AvgIpc) is 3.22. The largest absolute Gasteiger partial charge is 0.353 e. The Balaban J connectivity index is 1.30. The number of carbonyl (C=O) groups excluding carboxylic acids is 1. The molecule has 5 heteroatoms. The van der Waals surface area contributed by atoms with Crippen molar-refractivity contribution >= 4 is 5.91 Å². The highest BCUT2D eigenvalue weighted by atomic mass is 16.2. The summed E-state index contributed by atoms with van der Waals surface area (Å²) in [5.41, 5.74) is 4.16. The number of piperidine rings is 1. The Morgan fingerprint density at radius 1 is 1.25 bits per heavy atom. The molecule has 1 amide bonds. The zero-order valence-corrected chi connectivity index (χ0v) is 16.7. The third-order valence-electron chi connectivity index (χ3n) is 7.25. The minimum atomic E-state index is 0.0293. The second kappa shape index (κ2) is 7.03. The molecule has 148 valence electrons. The van der Waals surface area contributed by atoms with E-state index >= 15 is 0 Å². The summed E-state index contributed by atoms with van der Waals surface area (Å²) in [6, 6.07) is 9.13. The Hall–Kier alpha value is -2.14. The topological polar surface area (TPSA) is 50.2 Å². The van der Waals surface area contributed by atoms with Crippen molar-refractivity contribution in [2.24, 2.45) is 7.05 Å². The zero-order chi connectivity index (χ0) is 19.1. The molecule has 5 rings (SSSR count). The fraction of sp³-hybridized carbons (Fsp3) is 0.565. The minimum Gasteiger partial charge on any atom is -0.353 e. The van der Waals surface area contributed by atoms with Gasteiger partial charge in [-0.1, -0.05) is 24.3 Å². The molecule has 1 aliphatic heterocycles. The predicted molar refractivity (Wildman–Crippen MR) is 109 cm³/mol. The van der Waals surface area contributed by atoms with E-state index in [0.29, 0.717) is 6.04 Å². The average molecular weight is 379 g/mol. The van der Waals surface area contributed by atoms with Gasteiger partial charge in [0.25, 0.3) is 0 Å². The van der Waals surface area contributed by atoms with E-state index < -0.39 is 0 Å². The molecule has 0 radical (unpaired) electrons. The third-order valence-corrected chi connectivity index (χ3v) is 7.25. The van der Waals surface area contributed by atoms with Crippen molar-refractivity contribution in [2.75, 3.05) is 13.1 Å². The number of amides is 1. The van der Waals surface area contributed by atoms with Crippen LogP contribution in [0.1, 0.15) is 61.1 Å². The number of aromatic nitrogens is 2. The Morgan fingerprint density at radius 2 is 2.04 bits per heavy atom. The molecule has 5 nitrogen and oxygen atoms in total. The first-order chi connectivity index (χ1) is 13.6. The summed E-state index contributed by atoms with van der Waals surface area (Å²) in [5, 5.41) is 7.60. The number of nitrogens with one attached hydrogen (secondary N) is 1. The first-order valence-electron chi connectivity index (χ1n) is 10.7. The maximum Gasteiger partial charge on any atom is 0.227 e. The van der Waals surface area contributed by atoms with Crippen LogP contribution in [0.4, 0.5) is 0 Å². The number of carbonyl (C=O) groups is 1. The highest BCUT2D eigenvalue weighted by Crippen LogP contribution is 2.51. The molecule has 1 N–H and O–H groups in total. The molecule has 1 saturated heterocycles. The van der Waals surface area contributed by atoms with Crippen LogP contribution in [0.2, 0.25) is 0 Å². The zero-order valence-electron chi connectivity index (χ0n) is 16.7. The number of benzene rings is 1. The van der Waals surface area contributed by atoms with Gasteiger partial charge in [-0.05, 0) is 68.2 Å². The van der Waals surface area contributed by atoms with Crippen LogP contribution in [0.5, 0.6) is 0 Å². The van der Waals surface area contributed by atoms with Crippen LogP contribution >= 0.6 is 0 Å². The number of rotatable bonds is 4. The normalized spacial score (nSPS) is 24.1. The Bertz CT molecular complexity index is 861. The Labute approximate surface area is 167 Å². The van der Waals surface area contributed by atoms with E-state index in [2.05, 4.69) is 45.8 Å². The molecule has 2 aliphatic carbocycles. The Kier molecular flexibility index (Phi) is 4.50. The molecule has 1 atom stereocenters. The predicted octanol–water partition coefficient (Wildman–Crippen LogP) is 3.11. The van der Waals surface area contributed by atoms with Crippen LogP contribution in [0, 0.1) is 0 Å². The van der Waals surface area contributed by atoms with Crippen molar-refractivity contribution in [3.8, 4) is 0 Å². The fourth-order valence-electron chi connectivity index (χ4n) is 5.41. The molecule has 0 bridgehead atoms. The lowest BCUT2D eigenvalue weighted by molar-refractivity contribution is -0.124. The number of fused-ring (bicyclic) bond motifs is 2. The highest BCUT2D eigenvalue weighted by Gasteiger charge is 2.47. The summed E-state index contributed by atoms with van der Waals surface area (Å²) >= 11 is 0. The first-order valence-corrected chi connectivity index (χ1v) is 10.7. The van der Waals surface area contributed by atoms with Crippen LogP contribution < -0.4 is 5.32 Å². The van der Waals surface area contributed by atoms with E-state index in [4.69, 9.17) is 0 Å². The molecular weight excluding hydrogens is 348 g/mol. The summed E-state index contributed by atoms with van der Waals surface area (Å²) in [4.78, 5) is 15.5. The number of hydrogen-bond donors (Lipinski definition) is 1. The number of aryl methyl sites for hydroxylation is 1. The van der Waals surface area contributed by atoms with Crippen molar-refractivity contribution in [3.05, 3.63) is 53.3 Å². The van der Waals surface area contributed by atoms with Gasteiger partial charge in [-0.25, -0.2) is 0 Å². The van der Waals surface area contributed by atoms with E-state index in [1.54, 1.807) is 0 Å². The monoisotopic (exact) mass is 378 g/mol. The second-order valence-corrected chi connectivity index (χ2v) is 9.06. The molecule has 28 heavy (non-hydrogen) atoms. The van der Waals surface area contributed by atoms with Crippen molar-refractivity contribution in [1.82, 2.24) is 20.0 Å². The molecule has 1 aromatic heterocycles. The van der Waals surface area contributed by atoms with E-state index in [-0.39, 0.29) is 17.2 Å². The third kappa shape index (κ3) is 3.16. The van der Waals surface area contributed by atoms with Gasteiger partial charge in [0.05, 0.1) is 12.1 Å². The smallest absolute Gasteiger partial charge is 0.227 e. The van der Waals surface area contributed by atoms with Crippen LogP contribution in [0.25, 0.3) is 0 Å². The molecule has 2 fully saturated rings. The van der Waals surface area contributed by atoms with Crippen LogP contribution in [0.15, 0.2) is 36.7 Å².